The summed E-state index contributed by atoms with van der Waals surface area (Å²) < 4.78 is 54.0. The molecule has 0 N–H and O–H groups in total. The smallest absolute Gasteiger partial charge is 0.332 e. The number of rotatable bonds is 2. The average molecular weight is 451 g/mol. The largest absolute Gasteiger partial charge is 0.417 e. The zero-order chi connectivity index (χ0) is 22.8. The number of carbonyl (C=O) groups excluding carboxylic acids is 1. The van der Waals surface area contributed by atoms with Crippen LogP contribution in [0.3, 0.4) is 0 Å². The van der Waals surface area contributed by atoms with Gasteiger partial charge in [0, 0.05) is 13.0 Å². The van der Waals surface area contributed by atoms with Gasteiger partial charge in [0.2, 0.25) is 0 Å². The summed E-state index contributed by atoms with van der Waals surface area (Å²) >= 11 is 5.88. The van der Waals surface area contributed by atoms with Gasteiger partial charge in [-0.25, -0.2) is 14.4 Å². The van der Waals surface area contributed by atoms with Crippen LogP contribution in [0.5, 0.6) is 0 Å². The molecule has 3 aromatic rings. The number of benzene rings is 1. The lowest BCUT2D eigenvalue weighted by Gasteiger charge is -2.27. The Bertz CT molecular complexity index is 1120. The second-order valence-electron chi connectivity index (χ2n) is 6.48. The number of hydrogen-bond acceptors (Lipinski definition) is 3. The number of hydrogen-bond donors (Lipinski definition) is 0. The highest BCUT2D eigenvalue weighted by Crippen LogP contribution is 2.37. The Hall–Kier alpha value is -3.38. The average Bonchev–Trinajstić information content (AvgIpc) is 3.18. The maximum Gasteiger partial charge on any atom is 0.417 e. The van der Waals surface area contributed by atoms with Crippen LogP contribution in [0, 0.1) is 18.7 Å². The van der Waals surface area contributed by atoms with Gasteiger partial charge in [0.05, 0.1) is 40.3 Å². The van der Waals surface area contributed by atoms with Crippen molar-refractivity contribution in [1.29, 1.82) is 0 Å². The highest BCUT2D eigenvalue weighted by molar-refractivity contribution is 6.34. The highest BCUT2D eigenvalue weighted by atomic mass is 35.5. The minimum atomic E-state index is -4.65. The van der Waals surface area contributed by atoms with Crippen molar-refractivity contribution >= 4 is 17.5 Å². The Labute approximate surface area is 180 Å². The molecule has 0 bridgehead atoms. The van der Waals surface area contributed by atoms with Crippen LogP contribution in [0.15, 0.2) is 42.9 Å². The molecule has 5 nitrogen and oxygen atoms in total. The summed E-state index contributed by atoms with van der Waals surface area (Å²) in [7, 11) is 0. The fourth-order valence-corrected chi connectivity index (χ4v) is 3.59. The molecular formula is C21H15ClF4N4O. The predicted molar refractivity (Wildman–Crippen MR) is 106 cm³/mol. The fourth-order valence-electron chi connectivity index (χ4n) is 3.28. The number of halogens is 5. The third-order valence-corrected chi connectivity index (χ3v) is 5.10. The first-order valence-electron chi connectivity index (χ1n) is 8.91. The van der Waals surface area contributed by atoms with Crippen molar-refractivity contribution in [2.75, 3.05) is 6.54 Å². The highest BCUT2D eigenvalue weighted by Gasteiger charge is 2.36. The van der Waals surface area contributed by atoms with E-state index in [9.17, 15) is 22.4 Å². The predicted octanol–water partition coefficient (Wildman–Crippen LogP) is 4.53. The third-order valence-electron chi connectivity index (χ3n) is 4.69. The van der Waals surface area contributed by atoms with Gasteiger partial charge in [0.15, 0.2) is 0 Å². The number of carbonyl (C=O) groups is 1. The van der Waals surface area contributed by atoms with Crippen LogP contribution >= 0.6 is 11.6 Å². The molecule has 0 unspecified atom stereocenters. The van der Waals surface area contributed by atoms with Crippen molar-refractivity contribution in [3.05, 3.63) is 76.2 Å². The van der Waals surface area contributed by atoms with Crippen LogP contribution in [0.4, 0.5) is 17.6 Å². The van der Waals surface area contributed by atoms with Gasteiger partial charge >= 0.3 is 6.18 Å². The fraction of sp³-hybridized carbons (Fsp3) is 0.190. The number of imidazole rings is 1. The van der Waals surface area contributed by atoms with Crippen LogP contribution in [0.1, 0.15) is 27.3 Å². The number of terminal acetylenes is 1. The Kier molecular flexibility index (Phi) is 6.32. The van der Waals surface area contributed by atoms with Gasteiger partial charge in [-0.1, -0.05) is 17.7 Å². The van der Waals surface area contributed by atoms with Gasteiger partial charge in [0.1, 0.15) is 18.0 Å². The summed E-state index contributed by atoms with van der Waals surface area (Å²) in [6.45, 7) is 0.389. The van der Waals surface area contributed by atoms with Crippen LogP contribution in [-0.4, -0.2) is 31.9 Å². The maximum absolute atomic E-state index is 13.1. The lowest BCUT2D eigenvalue weighted by molar-refractivity contribution is -0.137. The number of pyridine rings is 1. The Balaban J connectivity index is 0.00000132. The summed E-state index contributed by atoms with van der Waals surface area (Å²) in [5, 5.41) is -0.614. The molecule has 160 valence electrons. The van der Waals surface area contributed by atoms with E-state index in [1.165, 1.54) is 29.4 Å². The van der Waals surface area contributed by atoms with Gasteiger partial charge in [0.25, 0.3) is 5.91 Å². The molecule has 0 saturated carbocycles. The molecule has 0 radical (unpaired) electrons. The topological polar surface area (TPSA) is 51.0 Å². The van der Waals surface area contributed by atoms with Crippen molar-refractivity contribution in [2.24, 2.45) is 0 Å². The molecule has 0 spiro atoms. The van der Waals surface area contributed by atoms with Gasteiger partial charge in [-0.15, -0.1) is 12.8 Å². The Morgan fingerprint density at radius 1 is 1.13 bits per heavy atom. The Morgan fingerprint density at radius 2 is 1.87 bits per heavy atom. The number of aromatic nitrogens is 3. The molecule has 2 aromatic heterocycles. The van der Waals surface area contributed by atoms with Crippen molar-refractivity contribution < 1.29 is 22.4 Å². The lowest BCUT2D eigenvalue weighted by atomic mass is 10.1. The molecule has 10 heteroatoms. The first-order valence-corrected chi connectivity index (χ1v) is 9.29. The minimum Gasteiger partial charge on any atom is -0.332 e. The summed E-state index contributed by atoms with van der Waals surface area (Å²) in [5.41, 5.74) is 0.154. The van der Waals surface area contributed by atoms with Gasteiger partial charge < -0.3 is 4.90 Å². The van der Waals surface area contributed by atoms with E-state index in [0.29, 0.717) is 17.9 Å². The van der Waals surface area contributed by atoms with Crippen LogP contribution in [-0.2, 0) is 19.1 Å². The van der Waals surface area contributed by atoms with Crippen molar-refractivity contribution in [3.8, 4) is 18.7 Å². The first kappa shape index (κ1) is 22.3. The minimum absolute atomic E-state index is 0.120. The summed E-state index contributed by atoms with van der Waals surface area (Å²) in [6.07, 6.45) is 6.38. The molecule has 1 aliphatic rings. The first-order chi connectivity index (χ1) is 14.8. The number of nitrogens with zero attached hydrogens (tertiary/aromatic N) is 4. The van der Waals surface area contributed by atoms with Crippen molar-refractivity contribution in [2.45, 2.75) is 19.1 Å². The lowest BCUT2D eigenvalue weighted by Crippen LogP contribution is -2.36. The Morgan fingerprint density at radius 3 is 2.52 bits per heavy atom. The van der Waals surface area contributed by atoms with E-state index < -0.39 is 28.5 Å². The molecule has 0 atom stereocenters. The molecular weight excluding hydrogens is 436 g/mol. The van der Waals surface area contributed by atoms with E-state index in [-0.39, 0.29) is 18.7 Å². The number of amides is 1. The van der Waals surface area contributed by atoms with E-state index in [4.69, 9.17) is 11.6 Å². The number of fused-ring (bicyclic) bond motifs is 1. The second-order valence-corrected chi connectivity index (χ2v) is 6.86. The molecule has 3 heterocycles. The van der Waals surface area contributed by atoms with Crippen LogP contribution < -0.4 is 0 Å². The number of alkyl halides is 3. The normalized spacial score (nSPS) is 13.2. The van der Waals surface area contributed by atoms with E-state index in [1.54, 1.807) is 4.57 Å². The standard InChI is InChI=1S/C19H13ClF4N4O.C2H2/c20-17-12(2-1-3-13(17)19(22,23)24)18(29)27-7-6-15-14(9-27)26-10-28(15)16-5-4-11(21)8-25-16;1-2/h1-5,8,10H,6-7,9H2;1-2H. The molecule has 0 fully saturated rings. The van der Waals surface area contributed by atoms with E-state index in [2.05, 4.69) is 22.8 Å². The molecule has 4 rings (SSSR count). The second kappa shape index (κ2) is 8.78. The zero-order valence-electron chi connectivity index (χ0n) is 15.9. The third kappa shape index (κ3) is 4.39. The zero-order valence-corrected chi connectivity index (χ0v) is 16.7. The monoisotopic (exact) mass is 450 g/mol. The van der Waals surface area contributed by atoms with E-state index in [1.807, 2.05) is 0 Å². The van der Waals surface area contributed by atoms with Gasteiger partial charge in [-0.2, -0.15) is 13.2 Å². The van der Waals surface area contributed by atoms with Crippen LogP contribution in [0.2, 0.25) is 5.02 Å². The summed E-state index contributed by atoms with van der Waals surface area (Å²) in [5.74, 6) is -0.570. The quantitative estimate of drug-likeness (QED) is 0.426. The summed E-state index contributed by atoms with van der Waals surface area (Å²) in [4.78, 5) is 22.5. The van der Waals surface area contributed by atoms with Crippen molar-refractivity contribution in [1.82, 2.24) is 19.4 Å². The molecule has 31 heavy (non-hydrogen) atoms. The van der Waals surface area contributed by atoms with E-state index >= 15 is 0 Å². The van der Waals surface area contributed by atoms with Crippen LogP contribution in [0.25, 0.3) is 5.82 Å². The SMILES string of the molecule is C#C.O=C(c1cccc(C(F)(F)F)c1Cl)N1CCc2c(ncn2-c2ccc(F)cn2)C1. The summed E-state index contributed by atoms with van der Waals surface area (Å²) in [6, 6.07) is 6.06. The molecule has 0 saturated heterocycles. The molecule has 1 aromatic carbocycles. The van der Waals surface area contributed by atoms with E-state index in [0.717, 1.165) is 24.0 Å². The van der Waals surface area contributed by atoms with Gasteiger partial charge in [-0.05, 0) is 24.3 Å². The maximum atomic E-state index is 13.1. The molecule has 0 aliphatic carbocycles. The van der Waals surface area contributed by atoms with Gasteiger partial charge in [-0.3, -0.25) is 9.36 Å². The van der Waals surface area contributed by atoms with Crippen molar-refractivity contribution in [3.63, 3.8) is 0 Å². The molecule has 1 amide bonds. The molecule has 1 aliphatic heterocycles.